The number of rotatable bonds is 2. The van der Waals surface area contributed by atoms with Crippen LogP contribution in [0.2, 0.25) is 0 Å². The number of aryl methyl sites for hydroxylation is 1. The molecule has 0 bridgehead atoms. The van der Waals surface area contributed by atoms with Crippen molar-refractivity contribution in [3.8, 4) is 0 Å². The number of hydrogen-bond acceptors (Lipinski definition) is 2. The van der Waals surface area contributed by atoms with Crippen LogP contribution in [0.1, 0.15) is 38.3 Å². The Balaban J connectivity index is 2.02. The van der Waals surface area contributed by atoms with Crippen LogP contribution in [-0.2, 0) is 6.54 Å². The van der Waals surface area contributed by atoms with E-state index in [0.29, 0.717) is 11.5 Å². The van der Waals surface area contributed by atoms with Gasteiger partial charge in [-0.05, 0) is 29.9 Å². The molecule has 0 radical (unpaired) electrons. The molecular formula is C16H24N2S. The highest BCUT2D eigenvalue weighted by Gasteiger charge is 2.28. The van der Waals surface area contributed by atoms with Gasteiger partial charge in [-0.3, -0.25) is 4.99 Å². The molecule has 0 amide bonds. The summed E-state index contributed by atoms with van der Waals surface area (Å²) in [7, 11) is 0. The molecule has 1 saturated heterocycles. The third-order valence-electron chi connectivity index (χ3n) is 3.64. The number of benzene rings is 1. The maximum Gasteiger partial charge on any atom is 0.157 e. The van der Waals surface area contributed by atoms with Gasteiger partial charge < -0.3 is 5.32 Å². The largest absolute Gasteiger partial charge is 0.362 e. The van der Waals surface area contributed by atoms with Crippen molar-refractivity contribution in [3.05, 3.63) is 35.4 Å². The fourth-order valence-electron chi connectivity index (χ4n) is 2.22. The first kappa shape index (κ1) is 14.4. The fraction of sp³-hybridized carbons (Fsp3) is 0.562. The van der Waals surface area contributed by atoms with E-state index in [4.69, 9.17) is 4.99 Å². The SMILES string of the molecule is Cc1ccccc1CN=C1NC(C(C)(C)C)CCS1. The summed E-state index contributed by atoms with van der Waals surface area (Å²) in [6, 6.07) is 9.00. The monoisotopic (exact) mass is 276 g/mol. The summed E-state index contributed by atoms with van der Waals surface area (Å²) < 4.78 is 0. The molecule has 1 aliphatic heterocycles. The highest BCUT2D eigenvalue weighted by atomic mass is 32.2. The molecule has 104 valence electrons. The smallest absolute Gasteiger partial charge is 0.157 e. The first-order chi connectivity index (χ1) is 8.97. The van der Waals surface area contributed by atoms with Gasteiger partial charge >= 0.3 is 0 Å². The summed E-state index contributed by atoms with van der Waals surface area (Å²) in [4.78, 5) is 4.75. The number of amidine groups is 1. The molecule has 1 aromatic rings. The highest BCUT2D eigenvalue weighted by Crippen LogP contribution is 2.27. The molecular weight excluding hydrogens is 252 g/mol. The van der Waals surface area contributed by atoms with Gasteiger partial charge in [0.25, 0.3) is 0 Å². The van der Waals surface area contributed by atoms with E-state index in [0.717, 1.165) is 11.7 Å². The summed E-state index contributed by atoms with van der Waals surface area (Å²) in [6.45, 7) is 9.80. The third-order valence-corrected chi connectivity index (χ3v) is 4.60. The van der Waals surface area contributed by atoms with Crippen LogP contribution < -0.4 is 5.32 Å². The van der Waals surface area contributed by atoms with Gasteiger partial charge in [0, 0.05) is 11.8 Å². The van der Waals surface area contributed by atoms with E-state index in [1.165, 1.54) is 23.3 Å². The Morgan fingerprint density at radius 3 is 2.74 bits per heavy atom. The van der Waals surface area contributed by atoms with Crippen LogP contribution in [-0.4, -0.2) is 17.0 Å². The number of nitrogens with zero attached hydrogens (tertiary/aromatic N) is 1. The van der Waals surface area contributed by atoms with Gasteiger partial charge in [0.1, 0.15) is 0 Å². The van der Waals surface area contributed by atoms with Crippen molar-refractivity contribution in [2.75, 3.05) is 5.75 Å². The Kier molecular flexibility index (Phi) is 4.56. The Bertz CT molecular complexity index is 460. The summed E-state index contributed by atoms with van der Waals surface area (Å²) >= 11 is 1.85. The Morgan fingerprint density at radius 2 is 2.05 bits per heavy atom. The van der Waals surface area contributed by atoms with Crippen LogP contribution in [0.3, 0.4) is 0 Å². The van der Waals surface area contributed by atoms with E-state index < -0.39 is 0 Å². The molecule has 1 unspecified atom stereocenters. The number of aliphatic imine (C=N–C) groups is 1. The molecule has 1 aromatic carbocycles. The average molecular weight is 276 g/mol. The Labute approximate surface area is 121 Å². The standard InChI is InChI=1S/C16H24N2S/c1-12-7-5-6-8-13(12)11-17-15-18-14(9-10-19-15)16(2,3)4/h5-8,14H,9-11H2,1-4H3,(H,17,18). The van der Waals surface area contributed by atoms with Crippen LogP contribution in [0, 0.1) is 12.3 Å². The van der Waals surface area contributed by atoms with Crippen LogP contribution in [0.25, 0.3) is 0 Å². The minimum Gasteiger partial charge on any atom is -0.362 e. The van der Waals surface area contributed by atoms with Gasteiger partial charge in [0.05, 0.1) is 6.54 Å². The van der Waals surface area contributed by atoms with E-state index in [9.17, 15) is 0 Å². The van der Waals surface area contributed by atoms with Gasteiger partial charge in [-0.15, -0.1) is 0 Å². The maximum absolute atomic E-state index is 4.75. The zero-order valence-electron chi connectivity index (χ0n) is 12.4. The Hall–Kier alpha value is -0.960. The third kappa shape index (κ3) is 4.00. The van der Waals surface area contributed by atoms with Gasteiger partial charge in [-0.1, -0.05) is 56.8 Å². The first-order valence-electron chi connectivity index (χ1n) is 6.95. The normalized spacial score (nSPS) is 22.3. The summed E-state index contributed by atoms with van der Waals surface area (Å²) in [5.41, 5.74) is 2.93. The molecule has 1 N–H and O–H groups in total. The predicted octanol–water partition coefficient (Wildman–Crippen LogP) is 3.99. The van der Waals surface area contributed by atoms with Crippen molar-refractivity contribution < 1.29 is 0 Å². The average Bonchev–Trinajstić information content (AvgIpc) is 2.37. The molecule has 0 aliphatic carbocycles. The second-order valence-corrected chi connectivity index (χ2v) is 7.33. The van der Waals surface area contributed by atoms with E-state index in [2.05, 4.69) is 57.3 Å². The van der Waals surface area contributed by atoms with E-state index in [-0.39, 0.29) is 0 Å². The van der Waals surface area contributed by atoms with Gasteiger partial charge in [-0.25, -0.2) is 0 Å². The molecule has 0 saturated carbocycles. The first-order valence-corrected chi connectivity index (χ1v) is 7.93. The number of hydrogen-bond donors (Lipinski definition) is 1. The Morgan fingerprint density at radius 1 is 1.32 bits per heavy atom. The molecule has 2 rings (SSSR count). The quantitative estimate of drug-likeness (QED) is 0.883. The lowest BCUT2D eigenvalue weighted by molar-refractivity contribution is 0.290. The van der Waals surface area contributed by atoms with Crippen LogP contribution in [0.5, 0.6) is 0 Å². The van der Waals surface area contributed by atoms with Gasteiger partial charge in [0.2, 0.25) is 0 Å². The fourth-order valence-corrected chi connectivity index (χ4v) is 3.15. The van der Waals surface area contributed by atoms with Gasteiger partial charge in [-0.2, -0.15) is 0 Å². The number of nitrogens with one attached hydrogen (secondary N) is 1. The molecule has 3 heteroatoms. The summed E-state index contributed by atoms with van der Waals surface area (Å²) in [6.07, 6.45) is 1.22. The highest BCUT2D eigenvalue weighted by molar-refractivity contribution is 8.13. The zero-order valence-corrected chi connectivity index (χ0v) is 13.2. The lowest BCUT2D eigenvalue weighted by atomic mass is 9.85. The van der Waals surface area contributed by atoms with E-state index in [1.54, 1.807) is 0 Å². The molecule has 2 nitrogen and oxygen atoms in total. The van der Waals surface area contributed by atoms with Gasteiger partial charge in [0.15, 0.2) is 5.17 Å². The molecule has 1 atom stereocenters. The lowest BCUT2D eigenvalue weighted by Crippen LogP contribution is -2.46. The predicted molar refractivity (Wildman–Crippen MR) is 85.8 cm³/mol. The lowest BCUT2D eigenvalue weighted by Gasteiger charge is -2.35. The van der Waals surface area contributed by atoms with E-state index in [1.807, 2.05) is 11.8 Å². The van der Waals surface area contributed by atoms with E-state index >= 15 is 0 Å². The van der Waals surface area contributed by atoms with Crippen LogP contribution >= 0.6 is 11.8 Å². The molecule has 1 aliphatic rings. The second-order valence-electron chi connectivity index (χ2n) is 6.25. The zero-order chi connectivity index (χ0) is 13.9. The van der Waals surface area contributed by atoms with Crippen molar-refractivity contribution >= 4 is 16.9 Å². The number of thioether (sulfide) groups is 1. The summed E-state index contributed by atoms with van der Waals surface area (Å²) in [5, 5.41) is 4.70. The van der Waals surface area contributed by atoms with Crippen LogP contribution in [0.4, 0.5) is 0 Å². The van der Waals surface area contributed by atoms with Crippen LogP contribution in [0.15, 0.2) is 29.3 Å². The molecule has 19 heavy (non-hydrogen) atoms. The minimum atomic E-state index is 0.296. The minimum absolute atomic E-state index is 0.296. The summed E-state index contributed by atoms with van der Waals surface area (Å²) in [5.74, 6) is 1.17. The van der Waals surface area contributed by atoms with Crippen molar-refractivity contribution in [3.63, 3.8) is 0 Å². The molecule has 1 fully saturated rings. The molecule has 0 spiro atoms. The molecule has 1 heterocycles. The van der Waals surface area contributed by atoms with Crippen molar-refractivity contribution in [1.29, 1.82) is 0 Å². The maximum atomic E-state index is 4.75. The van der Waals surface area contributed by atoms with Crippen molar-refractivity contribution in [2.45, 2.75) is 46.7 Å². The molecule has 0 aromatic heterocycles. The van der Waals surface area contributed by atoms with Crippen molar-refractivity contribution in [2.24, 2.45) is 10.4 Å². The van der Waals surface area contributed by atoms with Crippen molar-refractivity contribution in [1.82, 2.24) is 5.32 Å². The second kappa shape index (κ2) is 6.00. The topological polar surface area (TPSA) is 24.4 Å².